The Bertz CT molecular complexity index is 328. The van der Waals surface area contributed by atoms with Crippen LogP contribution < -0.4 is 0 Å². The van der Waals surface area contributed by atoms with Crippen LogP contribution in [0.4, 0.5) is 0 Å². The second kappa shape index (κ2) is 7.63. The molecule has 0 spiro atoms. The predicted octanol–water partition coefficient (Wildman–Crippen LogP) is 1.41. The Labute approximate surface area is 106 Å². The lowest BCUT2D eigenvalue weighted by Crippen LogP contribution is -2.25. The topological polar surface area (TPSA) is 69.7 Å². The van der Waals surface area contributed by atoms with Gasteiger partial charge in [-0.3, -0.25) is 9.59 Å². The smallest absolute Gasteiger partial charge is 0.330 e. The fraction of sp³-hybridized carbons (Fsp3) is 0.615. The van der Waals surface area contributed by atoms with E-state index in [2.05, 4.69) is 11.3 Å². The summed E-state index contributed by atoms with van der Waals surface area (Å²) in [5.74, 6) is -1.50. The van der Waals surface area contributed by atoms with Crippen LogP contribution >= 0.6 is 0 Å². The van der Waals surface area contributed by atoms with Gasteiger partial charge in [-0.2, -0.15) is 0 Å². The van der Waals surface area contributed by atoms with Crippen molar-refractivity contribution in [3.8, 4) is 0 Å². The minimum absolute atomic E-state index is 0.0812. The minimum atomic E-state index is -0.665. The lowest BCUT2D eigenvalue weighted by molar-refractivity contribution is -0.155. The summed E-state index contributed by atoms with van der Waals surface area (Å²) in [6, 6.07) is 0. The molecule has 0 aromatic rings. The van der Waals surface area contributed by atoms with Crippen LogP contribution in [0.3, 0.4) is 0 Å². The van der Waals surface area contributed by atoms with Crippen molar-refractivity contribution >= 4 is 17.7 Å². The number of ketones is 1. The number of Topliss-reactive ketones (excluding diaryl/α,β-unsaturated/α-hetero) is 1. The van der Waals surface area contributed by atoms with E-state index < -0.39 is 11.8 Å². The van der Waals surface area contributed by atoms with Crippen molar-refractivity contribution in [2.24, 2.45) is 5.92 Å². The fourth-order valence-corrected chi connectivity index (χ4v) is 1.86. The van der Waals surface area contributed by atoms with E-state index in [1.807, 2.05) is 0 Å². The molecule has 1 saturated carbocycles. The van der Waals surface area contributed by atoms with Crippen molar-refractivity contribution in [3.05, 3.63) is 12.7 Å². The molecule has 18 heavy (non-hydrogen) atoms. The van der Waals surface area contributed by atoms with Crippen molar-refractivity contribution in [1.29, 1.82) is 0 Å². The Morgan fingerprint density at radius 1 is 1.06 bits per heavy atom. The van der Waals surface area contributed by atoms with Crippen molar-refractivity contribution in [3.63, 3.8) is 0 Å². The van der Waals surface area contributed by atoms with Gasteiger partial charge in [0.1, 0.15) is 0 Å². The summed E-state index contributed by atoms with van der Waals surface area (Å²) in [6.45, 7) is 2.48. The summed E-state index contributed by atoms with van der Waals surface area (Å²) in [7, 11) is 0. The number of carbonyl (C=O) groups is 3. The monoisotopic (exact) mass is 254 g/mol. The molecule has 0 aliphatic heterocycles. The van der Waals surface area contributed by atoms with Gasteiger partial charge in [0.15, 0.2) is 13.2 Å². The first-order chi connectivity index (χ1) is 8.63. The minimum Gasteiger partial charge on any atom is -0.457 e. The molecule has 5 heteroatoms. The van der Waals surface area contributed by atoms with Gasteiger partial charge in [0.05, 0.1) is 5.92 Å². The maximum atomic E-state index is 11.6. The Kier molecular flexibility index (Phi) is 6.11. The number of esters is 2. The van der Waals surface area contributed by atoms with Crippen LogP contribution in [0.25, 0.3) is 0 Å². The lowest BCUT2D eigenvalue weighted by atomic mass is 9.89. The zero-order valence-electron chi connectivity index (χ0n) is 10.4. The molecule has 5 nitrogen and oxygen atoms in total. The van der Waals surface area contributed by atoms with Crippen LogP contribution in [0.1, 0.15) is 32.1 Å². The normalized spacial score (nSPS) is 15.8. The molecule has 0 aromatic carbocycles. The first-order valence-electron chi connectivity index (χ1n) is 6.11. The average Bonchev–Trinajstić information content (AvgIpc) is 2.42. The van der Waals surface area contributed by atoms with E-state index >= 15 is 0 Å². The van der Waals surface area contributed by atoms with Crippen LogP contribution in [0.15, 0.2) is 12.7 Å². The standard InChI is InChI=1S/C13H18O5/c1-2-12(15)17-8-11(14)9-18-13(16)10-6-4-3-5-7-10/h2,10H,1,3-9H2. The number of rotatable bonds is 6. The number of hydrogen-bond donors (Lipinski definition) is 0. The summed E-state index contributed by atoms with van der Waals surface area (Å²) in [4.78, 5) is 33.6. The van der Waals surface area contributed by atoms with Gasteiger partial charge in [0, 0.05) is 6.08 Å². The summed E-state index contributed by atoms with van der Waals surface area (Å²) in [5.41, 5.74) is 0. The fourth-order valence-electron chi connectivity index (χ4n) is 1.86. The van der Waals surface area contributed by atoms with Crippen LogP contribution in [0, 0.1) is 5.92 Å². The summed E-state index contributed by atoms with van der Waals surface area (Å²) >= 11 is 0. The molecule has 0 N–H and O–H groups in total. The quantitative estimate of drug-likeness (QED) is 0.529. The Balaban J connectivity index is 2.18. The van der Waals surface area contributed by atoms with Crippen molar-refractivity contribution in [2.75, 3.05) is 13.2 Å². The molecular formula is C13H18O5. The predicted molar refractivity (Wildman–Crippen MR) is 63.7 cm³/mol. The van der Waals surface area contributed by atoms with Gasteiger partial charge in [0.25, 0.3) is 0 Å². The van der Waals surface area contributed by atoms with E-state index in [-0.39, 0.29) is 25.1 Å². The van der Waals surface area contributed by atoms with Crippen molar-refractivity contribution in [2.45, 2.75) is 32.1 Å². The molecule has 0 amide bonds. The van der Waals surface area contributed by atoms with E-state index in [0.29, 0.717) is 0 Å². The van der Waals surface area contributed by atoms with Gasteiger partial charge in [-0.15, -0.1) is 0 Å². The molecule has 0 saturated heterocycles. The zero-order chi connectivity index (χ0) is 13.4. The van der Waals surface area contributed by atoms with Crippen LogP contribution in [-0.4, -0.2) is 30.9 Å². The largest absolute Gasteiger partial charge is 0.457 e. The molecule has 1 fully saturated rings. The second-order valence-corrected chi connectivity index (χ2v) is 4.29. The zero-order valence-corrected chi connectivity index (χ0v) is 10.4. The second-order valence-electron chi connectivity index (χ2n) is 4.29. The summed E-state index contributed by atoms with van der Waals surface area (Å²) in [5, 5.41) is 0. The van der Waals surface area contributed by atoms with Gasteiger partial charge in [0.2, 0.25) is 5.78 Å². The molecule has 1 aliphatic carbocycles. The highest BCUT2D eigenvalue weighted by atomic mass is 16.6. The van der Waals surface area contributed by atoms with E-state index in [4.69, 9.17) is 4.74 Å². The van der Waals surface area contributed by atoms with Crippen LogP contribution in [0.5, 0.6) is 0 Å². The van der Waals surface area contributed by atoms with Crippen molar-refractivity contribution < 1.29 is 23.9 Å². The number of carbonyl (C=O) groups excluding carboxylic acids is 3. The van der Waals surface area contributed by atoms with Gasteiger partial charge in [-0.05, 0) is 12.8 Å². The lowest BCUT2D eigenvalue weighted by Gasteiger charge is -2.19. The third-order valence-electron chi connectivity index (χ3n) is 2.86. The van der Waals surface area contributed by atoms with Crippen LogP contribution in [0.2, 0.25) is 0 Å². The van der Waals surface area contributed by atoms with Crippen molar-refractivity contribution in [1.82, 2.24) is 0 Å². The first kappa shape index (κ1) is 14.4. The molecule has 0 unspecified atom stereocenters. The molecule has 100 valence electrons. The average molecular weight is 254 g/mol. The third kappa shape index (κ3) is 5.12. The maximum Gasteiger partial charge on any atom is 0.330 e. The Morgan fingerprint density at radius 2 is 1.67 bits per heavy atom. The van der Waals surface area contributed by atoms with Gasteiger partial charge >= 0.3 is 11.9 Å². The molecule has 0 aromatic heterocycles. The molecule has 0 radical (unpaired) electrons. The number of hydrogen-bond acceptors (Lipinski definition) is 5. The third-order valence-corrected chi connectivity index (χ3v) is 2.86. The van der Waals surface area contributed by atoms with Gasteiger partial charge in [-0.25, -0.2) is 4.79 Å². The summed E-state index contributed by atoms with van der Waals surface area (Å²) < 4.78 is 9.44. The maximum absolute atomic E-state index is 11.6. The first-order valence-corrected chi connectivity index (χ1v) is 6.11. The highest BCUT2D eigenvalue weighted by molar-refractivity contribution is 5.87. The van der Waals surface area contributed by atoms with Crippen LogP contribution in [-0.2, 0) is 23.9 Å². The van der Waals surface area contributed by atoms with E-state index in [0.717, 1.165) is 38.2 Å². The Hall–Kier alpha value is -1.65. The highest BCUT2D eigenvalue weighted by Gasteiger charge is 2.23. The van der Waals surface area contributed by atoms with E-state index in [1.54, 1.807) is 0 Å². The molecular weight excluding hydrogens is 236 g/mol. The molecule has 0 bridgehead atoms. The summed E-state index contributed by atoms with van der Waals surface area (Å²) in [6.07, 6.45) is 5.85. The van der Waals surface area contributed by atoms with E-state index in [9.17, 15) is 14.4 Å². The SMILES string of the molecule is C=CC(=O)OCC(=O)COC(=O)C1CCCCC1. The number of ether oxygens (including phenoxy) is 2. The molecule has 1 rings (SSSR count). The van der Waals surface area contributed by atoms with Gasteiger partial charge < -0.3 is 9.47 Å². The molecule has 1 aliphatic rings. The van der Waals surface area contributed by atoms with Gasteiger partial charge in [-0.1, -0.05) is 25.8 Å². The Morgan fingerprint density at radius 3 is 2.28 bits per heavy atom. The molecule has 0 atom stereocenters. The molecule has 0 heterocycles. The van der Waals surface area contributed by atoms with E-state index in [1.165, 1.54) is 0 Å². The highest BCUT2D eigenvalue weighted by Crippen LogP contribution is 2.24.